The molecule has 1 unspecified atom stereocenters. The van der Waals surface area contributed by atoms with Crippen LogP contribution in [-0.4, -0.2) is 17.1 Å². The lowest BCUT2D eigenvalue weighted by Gasteiger charge is -2.18. The molecule has 0 spiro atoms. The van der Waals surface area contributed by atoms with E-state index >= 15 is 0 Å². The molecule has 0 saturated carbocycles. The number of hydrogen-bond acceptors (Lipinski definition) is 4. The molecule has 0 amide bonds. The first kappa shape index (κ1) is 16.5. The van der Waals surface area contributed by atoms with E-state index in [4.69, 9.17) is 4.74 Å². The molecule has 1 heterocycles. The van der Waals surface area contributed by atoms with E-state index in [1.165, 1.54) is 18.7 Å². The summed E-state index contributed by atoms with van der Waals surface area (Å²) >= 11 is 1.20. The molecule has 126 valence electrons. The van der Waals surface area contributed by atoms with Crippen LogP contribution in [-0.2, 0) is 4.74 Å². The van der Waals surface area contributed by atoms with Crippen molar-refractivity contribution >= 4 is 22.8 Å². The van der Waals surface area contributed by atoms with Crippen molar-refractivity contribution in [3.05, 3.63) is 63.6 Å². The SMILES string of the molecule is COC1=CCC(Sc2c(C)n([O-])c3cc(F)c(F)cc3[n+]2=O)C=C1. The van der Waals surface area contributed by atoms with Crippen LogP contribution in [0.2, 0.25) is 0 Å². The molecule has 0 bridgehead atoms. The van der Waals surface area contributed by atoms with Gasteiger partial charge in [0.1, 0.15) is 11.3 Å². The van der Waals surface area contributed by atoms with Gasteiger partial charge in [-0.25, -0.2) is 8.78 Å². The molecular formula is C16H14F2N2O3S. The topological polar surface area (TPSA) is 60.2 Å². The maximum absolute atomic E-state index is 13.5. The average molecular weight is 352 g/mol. The molecule has 5 nitrogen and oxygen atoms in total. The van der Waals surface area contributed by atoms with E-state index in [9.17, 15) is 18.9 Å². The van der Waals surface area contributed by atoms with Gasteiger partial charge in [0, 0.05) is 16.2 Å². The largest absolute Gasteiger partial charge is 0.805 e. The van der Waals surface area contributed by atoms with Gasteiger partial charge in [-0.05, 0) is 37.3 Å². The van der Waals surface area contributed by atoms with Crippen LogP contribution in [0.25, 0.3) is 11.0 Å². The molecule has 0 radical (unpaired) electrons. The van der Waals surface area contributed by atoms with Crippen molar-refractivity contribution in [3.8, 4) is 0 Å². The molecule has 1 aliphatic rings. The van der Waals surface area contributed by atoms with Crippen LogP contribution < -0.4 is 4.43 Å². The first-order valence-corrected chi connectivity index (χ1v) is 8.03. The van der Waals surface area contributed by atoms with Crippen molar-refractivity contribution in [2.75, 3.05) is 7.11 Å². The van der Waals surface area contributed by atoms with Crippen LogP contribution in [0.4, 0.5) is 8.78 Å². The van der Waals surface area contributed by atoms with Gasteiger partial charge >= 0.3 is 5.03 Å². The Bertz CT molecular complexity index is 937. The highest BCUT2D eigenvalue weighted by atomic mass is 32.2. The van der Waals surface area contributed by atoms with Crippen molar-refractivity contribution in [2.24, 2.45) is 0 Å². The number of methoxy groups -OCH3 is 1. The minimum absolute atomic E-state index is 0.0643. The molecule has 0 N–H and O–H groups in total. The molecule has 8 heteroatoms. The van der Waals surface area contributed by atoms with Crippen LogP contribution >= 0.6 is 11.8 Å². The van der Waals surface area contributed by atoms with E-state index in [0.717, 1.165) is 17.9 Å². The minimum atomic E-state index is -1.17. The first-order valence-electron chi connectivity index (χ1n) is 7.15. The Morgan fingerprint density at radius 3 is 2.71 bits per heavy atom. The second-order valence-electron chi connectivity index (χ2n) is 5.30. The third-order valence-electron chi connectivity index (χ3n) is 3.78. The van der Waals surface area contributed by atoms with Crippen LogP contribution in [0.3, 0.4) is 0 Å². The quantitative estimate of drug-likeness (QED) is 0.794. The molecule has 24 heavy (non-hydrogen) atoms. The lowest BCUT2D eigenvalue weighted by Crippen LogP contribution is -2.25. The molecule has 1 aliphatic carbocycles. The normalized spacial score (nSPS) is 17.2. The van der Waals surface area contributed by atoms with Gasteiger partial charge in [0.25, 0.3) is 5.52 Å². The standard InChI is InChI=1S/C16H14F2N2O3S/c1-9-16(24-11-5-3-10(23-2)4-6-11)20(22)15-8-13(18)12(17)7-14(15)19(9)21/h3-5,7-8,11H,6H2,1-2H3. The highest BCUT2D eigenvalue weighted by Gasteiger charge is 2.25. The van der Waals surface area contributed by atoms with Crippen molar-refractivity contribution in [1.82, 2.24) is 4.73 Å². The van der Waals surface area contributed by atoms with Gasteiger partial charge in [-0.3, -0.25) is 0 Å². The molecule has 0 fully saturated rings. The fourth-order valence-corrected chi connectivity index (χ4v) is 3.56. The Morgan fingerprint density at radius 2 is 2.08 bits per heavy atom. The summed E-state index contributed by atoms with van der Waals surface area (Å²) in [5, 5.41) is 12.4. The van der Waals surface area contributed by atoms with Crippen molar-refractivity contribution in [1.29, 1.82) is 0 Å². The van der Waals surface area contributed by atoms with E-state index in [0.29, 0.717) is 15.6 Å². The first-order chi connectivity index (χ1) is 11.4. The lowest BCUT2D eigenvalue weighted by molar-refractivity contribution is -0.511. The predicted molar refractivity (Wildman–Crippen MR) is 87.2 cm³/mol. The third-order valence-corrected chi connectivity index (χ3v) is 5.12. The number of rotatable bonds is 3. The number of ether oxygens (including phenoxy) is 1. The lowest BCUT2D eigenvalue weighted by atomic mass is 10.2. The summed E-state index contributed by atoms with van der Waals surface area (Å²) in [6.07, 6.45) is 6.16. The van der Waals surface area contributed by atoms with Crippen molar-refractivity contribution < 1.29 is 17.9 Å². The van der Waals surface area contributed by atoms with Gasteiger partial charge in [-0.15, -0.1) is 0 Å². The van der Waals surface area contributed by atoms with Gasteiger partial charge in [0.2, 0.25) is 0 Å². The van der Waals surface area contributed by atoms with Gasteiger partial charge in [0.15, 0.2) is 11.6 Å². The number of benzene rings is 1. The Kier molecular flexibility index (Phi) is 4.31. The molecule has 1 aromatic carbocycles. The fourth-order valence-electron chi connectivity index (χ4n) is 2.47. The van der Waals surface area contributed by atoms with E-state index in [2.05, 4.69) is 0 Å². The van der Waals surface area contributed by atoms with Crippen LogP contribution in [0, 0.1) is 28.7 Å². The van der Waals surface area contributed by atoms with Crippen LogP contribution in [0.5, 0.6) is 0 Å². The highest BCUT2D eigenvalue weighted by molar-refractivity contribution is 8.00. The van der Waals surface area contributed by atoms with Gasteiger partial charge in [-0.1, -0.05) is 6.08 Å². The molecule has 1 aromatic heterocycles. The zero-order valence-electron chi connectivity index (χ0n) is 13.0. The maximum atomic E-state index is 13.5. The van der Waals surface area contributed by atoms with E-state index in [1.54, 1.807) is 13.2 Å². The Balaban J connectivity index is 2.06. The summed E-state index contributed by atoms with van der Waals surface area (Å²) in [6.45, 7) is 1.48. The molecule has 0 saturated heterocycles. The summed E-state index contributed by atoms with van der Waals surface area (Å²) in [5.74, 6) is -1.61. The smallest absolute Gasteiger partial charge is 0.316 e. The average Bonchev–Trinajstić information content (AvgIpc) is 2.59. The molecule has 0 aliphatic heterocycles. The van der Waals surface area contributed by atoms with E-state index in [-0.39, 0.29) is 27.0 Å². The second-order valence-corrected chi connectivity index (χ2v) is 6.52. The molecular weight excluding hydrogens is 338 g/mol. The fraction of sp³-hybridized carbons (Fsp3) is 0.250. The number of nitrogens with zero attached hydrogens (tertiary/aromatic N) is 2. The summed E-state index contributed by atoms with van der Waals surface area (Å²) in [5.41, 5.74) is -0.264. The molecule has 3 rings (SSSR count). The summed E-state index contributed by atoms with van der Waals surface area (Å²) < 4.78 is 32.9. The van der Waals surface area contributed by atoms with E-state index in [1.807, 2.05) is 12.2 Å². The summed E-state index contributed by atoms with van der Waals surface area (Å²) in [6, 6.07) is 1.48. The molecule has 1 atom stereocenters. The number of allylic oxidation sites excluding steroid dienone is 2. The maximum Gasteiger partial charge on any atom is 0.316 e. The van der Waals surface area contributed by atoms with Crippen molar-refractivity contribution in [2.45, 2.75) is 23.6 Å². The number of halogens is 2. The van der Waals surface area contributed by atoms with Crippen LogP contribution in [0.15, 0.2) is 41.1 Å². The summed E-state index contributed by atoms with van der Waals surface area (Å²) in [4.78, 5) is 12.5. The zero-order valence-corrected chi connectivity index (χ0v) is 13.8. The van der Waals surface area contributed by atoms with E-state index < -0.39 is 11.6 Å². The number of aromatic nitrogens is 2. The zero-order chi connectivity index (χ0) is 17.4. The Labute approximate surface area is 140 Å². The summed E-state index contributed by atoms with van der Waals surface area (Å²) in [7, 11) is 1.57. The molecule has 2 aromatic rings. The number of thioether (sulfide) groups is 1. The third kappa shape index (κ3) is 2.77. The van der Waals surface area contributed by atoms with Gasteiger partial charge < -0.3 is 14.7 Å². The van der Waals surface area contributed by atoms with Gasteiger partial charge in [0.05, 0.1) is 23.3 Å². The minimum Gasteiger partial charge on any atom is -0.805 e. The predicted octanol–water partition coefficient (Wildman–Crippen LogP) is 3.44. The van der Waals surface area contributed by atoms with Crippen LogP contribution in [0.1, 0.15) is 12.1 Å². The second kappa shape index (κ2) is 6.27. The number of fused-ring (bicyclic) bond motifs is 1. The Morgan fingerprint density at radius 1 is 1.38 bits per heavy atom. The van der Waals surface area contributed by atoms with Gasteiger partial charge in [-0.2, -0.15) is 0 Å². The highest BCUT2D eigenvalue weighted by Crippen LogP contribution is 2.30. The Hall–Kier alpha value is -2.35. The number of hydrogen-bond donors (Lipinski definition) is 0. The van der Waals surface area contributed by atoms with Crippen molar-refractivity contribution in [3.63, 3.8) is 0 Å². The monoisotopic (exact) mass is 352 g/mol.